The van der Waals surface area contributed by atoms with E-state index in [0.717, 1.165) is 21.7 Å². The summed E-state index contributed by atoms with van der Waals surface area (Å²) < 4.78 is 18.9. The van der Waals surface area contributed by atoms with E-state index >= 15 is 0 Å². The molecule has 3 unspecified atom stereocenters. The molecule has 0 spiro atoms. The zero-order chi connectivity index (χ0) is 18.6. The zero-order valence-corrected chi connectivity index (χ0v) is 17.3. The molecule has 0 radical (unpaired) electrons. The van der Waals surface area contributed by atoms with Gasteiger partial charge in [-0.3, -0.25) is 4.79 Å². The number of esters is 1. The van der Waals surface area contributed by atoms with E-state index in [1.165, 1.54) is 7.11 Å². The van der Waals surface area contributed by atoms with Gasteiger partial charge in [0, 0.05) is 22.8 Å². The third-order valence-corrected chi connectivity index (χ3v) is 7.73. The molecule has 26 heavy (non-hydrogen) atoms. The van der Waals surface area contributed by atoms with Gasteiger partial charge in [-0.05, 0) is 19.9 Å². The van der Waals surface area contributed by atoms with Crippen LogP contribution in [0.15, 0.2) is 48.5 Å². The van der Waals surface area contributed by atoms with Gasteiger partial charge in [0.2, 0.25) is 0 Å². The van der Waals surface area contributed by atoms with Crippen molar-refractivity contribution in [3.05, 3.63) is 59.7 Å². The Morgan fingerprint density at radius 3 is 2.23 bits per heavy atom. The topological polar surface area (TPSA) is 69.4 Å². The van der Waals surface area contributed by atoms with Gasteiger partial charge in [-0.2, -0.15) is 0 Å². The number of nitrogens with two attached hydrogens (primary N) is 1. The summed E-state index contributed by atoms with van der Waals surface area (Å²) in [5, 5.41) is 1.53. The van der Waals surface area contributed by atoms with E-state index < -0.39 is 19.1 Å². The fourth-order valence-electron chi connectivity index (χ4n) is 2.81. The molecule has 4 nitrogen and oxygen atoms in total. The number of halogens is 1. The normalized spacial score (nSPS) is 15.3. The molecule has 2 rings (SSSR count). The molecule has 0 aliphatic heterocycles. The standard InChI is InChI=1S/C20H26NO3P.ClH/c1-14-8-10-17(11-9-14)25(23,18-7-5-6-15(2)12-18)13-19(21)16(3)20(22)24-4;/h5-12,16,19H,13,21H2,1-4H3;1H. The van der Waals surface area contributed by atoms with Crippen LogP contribution in [-0.2, 0) is 14.1 Å². The second-order valence-electron chi connectivity index (χ2n) is 6.57. The van der Waals surface area contributed by atoms with Crippen LogP contribution in [-0.4, -0.2) is 25.3 Å². The van der Waals surface area contributed by atoms with E-state index in [1.807, 2.05) is 62.4 Å². The zero-order valence-electron chi connectivity index (χ0n) is 15.6. The second-order valence-corrected chi connectivity index (χ2v) is 9.45. The number of benzene rings is 2. The highest BCUT2D eigenvalue weighted by Crippen LogP contribution is 2.44. The number of aryl methyl sites for hydroxylation is 2. The maximum absolute atomic E-state index is 14.1. The Hall–Kier alpha value is -1.61. The molecule has 2 aromatic carbocycles. The largest absolute Gasteiger partial charge is 0.469 e. The minimum Gasteiger partial charge on any atom is -0.469 e. The van der Waals surface area contributed by atoms with Gasteiger partial charge in [0.25, 0.3) is 0 Å². The van der Waals surface area contributed by atoms with Crippen molar-refractivity contribution < 1.29 is 14.1 Å². The highest BCUT2D eigenvalue weighted by atomic mass is 35.5. The molecular formula is C20H27ClNO3P. The first-order valence-electron chi connectivity index (χ1n) is 8.35. The SMILES string of the molecule is COC(=O)C(C)C(N)CP(=O)(c1ccc(C)cc1)c1cccc(C)c1.Cl. The first kappa shape index (κ1) is 22.4. The van der Waals surface area contributed by atoms with Gasteiger partial charge in [0.1, 0.15) is 7.14 Å². The molecule has 142 valence electrons. The fourth-order valence-corrected chi connectivity index (χ4v) is 5.81. The monoisotopic (exact) mass is 395 g/mol. The Labute approximate surface area is 161 Å². The molecule has 0 heterocycles. The van der Waals surface area contributed by atoms with Crippen LogP contribution in [0.5, 0.6) is 0 Å². The average molecular weight is 396 g/mol. The summed E-state index contributed by atoms with van der Waals surface area (Å²) in [6, 6.07) is 14.8. The number of hydrogen-bond donors (Lipinski definition) is 1. The molecule has 2 N–H and O–H groups in total. The number of rotatable bonds is 6. The van der Waals surface area contributed by atoms with Crippen LogP contribution in [0.3, 0.4) is 0 Å². The van der Waals surface area contributed by atoms with Gasteiger partial charge in [-0.1, -0.05) is 60.5 Å². The Balaban J connectivity index is 0.00000338. The van der Waals surface area contributed by atoms with Crippen molar-refractivity contribution in [2.75, 3.05) is 13.3 Å². The van der Waals surface area contributed by atoms with E-state index in [9.17, 15) is 9.36 Å². The second kappa shape index (κ2) is 9.36. The lowest BCUT2D eigenvalue weighted by atomic mass is 10.1. The van der Waals surface area contributed by atoms with E-state index in [0.29, 0.717) is 0 Å². The highest BCUT2D eigenvalue weighted by molar-refractivity contribution is 7.78. The van der Waals surface area contributed by atoms with Gasteiger partial charge >= 0.3 is 5.97 Å². The van der Waals surface area contributed by atoms with Gasteiger partial charge in [-0.25, -0.2) is 0 Å². The van der Waals surface area contributed by atoms with Crippen molar-refractivity contribution in [1.82, 2.24) is 0 Å². The Bertz CT molecular complexity index is 792. The van der Waals surface area contributed by atoms with Crippen LogP contribution in [0.25, 0.3) is 0 Å². The van der Waals surface area contributed by atoms with Crippen LogP contribution in [0.1, 0.15) is 18.1 Å². The van der Waals surface area contributed by atoms with E-state index in [1.54, 1.807) is 6.92 Å². The molecular weight excluding hydrogens is 369 g/mol. The van der Waals surface area contributed by atoms with Crippen LogP contribution in [0.4, 0.5) is 0 Å². The van der Waals surface area contributed by atoms with Crippen molar-refractivity contribution in [2.45, 2.75) is 26.8 Å². The van der Waals surface area contributed by atoms with Crippen LogP contribution >= 0.6 is 19.5 Å². The van der Waals surface area contributed by atoms with Crippen LogP contribution in [0.2, 0.25) is 0 Å². The summed E-state index contributed by atoms with van der Waals surface area (Å²) >= 11 is 0. The van der Waals surface area contributed by atoms with E-state index in [-0.39, 0.29) is 24.5 Å². The smallest absolute Gasteiger partial charge is 0.309 e. The van der Waals surface area contributed by atoms with Crippen molar-refractivity contribution >= 4 is 36.1 Å². The molecule has 0 bridgehead atoms. The maximum Gasteiger partial charge on any atom is 0.309 e. The number of methoxy groups -OCH3 is 1. The summed E-state index contributed by atoms with van der Waals surface area (Å²) in [4.78, 5) is 11.8. The van der Waals surface area contributed by atoms with Crippen molar-refractivity contribution in [3.8, 4) is 0 Å². The summed E-state index contributed by atoms with van der Waals surface area (Å²) in [5.41, 5.74) is 8.39. The third kappa shape index (κ3) is 4.97. The van der Waals surface area contributed by atoms with Gasteiger partial charge < -0.3 is 15.0 Å². The molecule has 0 aromatic heterocycles. The van der Waals surface area contributed by atoms with Crippen LogP contribution in [0, 0.1) is 19.8 Å². The summed E-state index contributed by atoms with van der Waals surface area (Å²) in [5.74, 6) is -0.902. The summed E-state index contributed by atoms with van der Waals surface area (Å²) in [6.45, 7) is 5.68. The molecule has 2 aromatic rings. The quantitative estimate of drug-likeness (QED) is 0.602. The molecule has 0 fully saturated rings. The molecule has 0 saturated carbocycles. The Morgan fingerprint density at radius 2 is 1.69 bits per heavy atom. The van der Waals surface area contributed by atoms with Gasteiger partial charge in [0.05, 0.1) is 13.0 Å². The Kier molecular flexibility index (Phi) is 8.08. The molecule has 0 amide bonds. The van der Waals surface area contributed by atoms with E-state index in [4.69, 9.17) is 10.5 Å². The molecule has 3 atom stereocenters. The van der Waals surface area contributed by atoms with Gasteiger partial charge in [-0.15, -0.1) is 12.4 Å². The summed E-state index contributed by atoms with van der Waals surface area (Å²) in [7, 11) is -1.62. The van der Waals surface area contributed by atoms with Gasteiger partial charge in [0.15, 0.2) is 0 Å². The molecule has 6 heteroatoms. The predicted octanol–water partition coefficient (Wildman–Crippen LogP) is 3.18. The molecule has 0 aliphatic rings. The van der Waals surface area contributed by atoms with Crippen LogP contribution < -0.4 is 16.3 Å². The number of ether oxygens (including phenoxy) is 1. The average Bonchev–Trinajstić information content (AvgIpc) is 2.60. The first-order valence-corrected chi connectivity index (χ1v) is 10.2. The lowest BCUT2D eigenvalue weighted by Gasteiger charge is -2.25. The number of carbonyl (C=O) groups is 1. The van der Waals surface area contributed by atoms with Crippen molar-refractivity contribution in [3.63, 3.8) is 0 Å². The first-order chi connectivity index (χ1) is 11.8. The minimum absolute atomic E-state index is 0. The lowest BCUT2D eigenvalue weighted by Crippen LogP contribution is -2.39. The van der Waals surface area contributed by atoms with E-state index in [2.05, 4.69) is 0 Å². The summed E-state index contributed by atoms with van der Waals surface area (Å²) in [6.07, 6.45) is 0.218. The number of hydrogen-bond acceptors (Lipinski definition) is 4. The minimum atomic E-state index is -2.96. The van der Waals surface area contributed by atoms with Crippen molar-refractivity contribution in [1.29, 1.82) is 0 Å². The lowest BCUT2D eigenvalue weighted by molar-refractivity contribution is -0.145. The van der Waals surface area contributed by atoms with Crippen molar-refractivity contribution in [2.24, 2.45) is 11.7 Å². The fraction of sp³-hybridized carbons (Fsp3) is 0.350. The molecule has 0 aliphatic carbocycles. The third-order valence-electron chi connectivity index (χ3n) is 4.55. The number of carbonyl (C=O) groups excluding carboxylic acids is 1. The maximum atomic E-state index is 14.1. The molecule has 0 saturated heterocycles. The predicted molar refractivity (Wildman–Crippen MR) is 111 cm³/mol. The Morgan fingerprint density at radius 1 is 1.08 bits per heavy atom. The highest BCUT2D eigenvalue weighted by Gasteiger charge is 2.33.